The van der Waals surface area contributed by atoms with E-state index >= 15 is 0 Å². The molecule has 0 aliphatic heterocycles. The lowest BCUT2D eigenvalue weighted by Gasteiger charge is -2.32. The number of hydrogen-bond acceptors (Lipinski definition) is 3. The third-order valence-electron chi connectivity index (χ3n) is 3.55. The van der Waals surface area contributed by atoms with Crippen LogP contribution in [0.1, 0.15) is 26.7 Å². The second-order valence-electron chi connectivity index (χ2n) is 5.71. The maximum atomic E-state index is 13.7. The third-order valence-corrected chi connectivity index (χ3v) is 4.77. The van der Waals surface area contributed by atoms with Crippen LogP contribution in [0.2, 0.25) is 0 Å². The number of thioether (sulfide) groups is 1. The minimum Gasteiger partial charge on any atom is -0.480 e. The molecule has 0 aromatic heterocycles. The zero-order valence-corrected chi connectivity index (χ0v) is 12.8. The Hall–Kier alpha value is -1.14. The van der Waals surface area contributed by atoms with Crippen LogP contribution in [0, 0.1) is 17.6 Å². The molecule has 1 aromatic carbocycles. The fourth-order valence-electron chi connectivity index (χ4n) is 2.45. The van der Waals surface area contributed by atoms with Crippen molar-refractivity contribution < 1.29 is 18.7 Å². The van der Waals surface area contributed by atoms with Crippen LogP contribution in [-0.2, 0) is 4.79 Å². The number of carboxylic acid groups (broad SMARTS) is 1. The summed E-state index contributed by atoms with van der Waals surface area (Å²) >= 11 is 1.05. The maximum absolute atomic E-state index is 13.7. The van der Waals surface area contributed by atoms with E-state index in [0.29, 0.717) is 0 Å². The minimum absolute atomic E-state index is 0.000318. The summed E-state index contributed by atoms with van der Waals surface area (Å²) < 4.78 is 26.9. The number of benzene rings is 1. The topological polar surface area (TPSA) is 49.3 Å². The Morgan fingerprint density at radius 1 is 1.48 bits per heavy atom. The van der Waals surface area contributed by atoms with Gasteiger partial charge in [-0.15, -0.1) is 11.8 Å². The van der Waals surface area contributed by atoms with Crippen molar-refractivity contribution >= 4 is 17.7 Å². The van der Waals surface area contributed by atoms with Crippen LogP contribution in [0.5, 0.6) is 0 Å². The average Bonchev–Trinajstić information content (AvgIpc) is 3.22. The summed E-state index contributed by atoms with van der Waals surface area (Å²) in [5.41, 5.74) is -1.09. The first kappa shape index (κ1) is 16.2. The number of rotatable bonds is 7. The maximum Gasteiger partial charge on any atom is 0.325 e. The molecule has 1 saturated carbocycles. The summed E-state index contributed by atoms with van der Waals surface area (Å²) in [6.07, 6.45) is 1.69. The molecule has 0 bridgehead atoms. The zero-order chi connectivity index (χ0) is 15.6. The molecule has 0 amide bonds. The first-order valence-corrected chi connectivity index (χ1v) is 7.92. The zero-order valence-electron chi connectivity index (χ0n) is 12.0. The van der Waals surface area contributed by atoms with Gasteiger partial charge in [-0.1, -0.05) is 0 Å². The highest BCUT2D eigenvalue weighted by Crippen LogP contribution is 2.43. The van der Waals surface area contributed by atoms with Gasteiger partial charge >= 0.3 is 5.97 Å². The van der Waals surface area contributed by atoms with Crippen molar-refractivity contribution in [3.63, 3.8) is 0 Å². The van der Waals surface area contributed by atoms with E-state index in [9.17, 15) is 18.7 Å². The number of carbonyl (C=O) groups is 1. The SMILES string of the molecule is CC(C)NC(CSc1cc(F)ccc1F)(C(=O)O)C1CC1. The lowest BCUT2D eigenvalue weighted by Crippen LogP contribution is -2.58. The number of halogens is 2. The van der Waals surface area contributed by atoms with Gasteiger partial charge in [0.2, 0.25) is 0 Å². The van der Waals surface area contributed by atoms with Gasteiger partial charge < -0.3 is 5.11 Å². The standard InChI is InChI=1S/C15H19F2NO2S/c1-9(2)18-15(14(19)20,10-3-4-10)8-21-13-7-11(16)5-6-12(13)17/h5-7,9-10,18H,3-4,8H2,1-2H3,(H,19,20). The van der Waals surface area contributed by atoms with Crippen LogP contribution < -0.4 is 5.32 Å². The smallest absolute Gasteiger partial charge is 0.325 e. The molecular weight excluding hydrogens is 296 g/mol. The molecule has 2 N–H and O–H groups in total. The average molecular weight is 315 g/mol. The van der Waals surface area contributed by atoms with E-state index in [1.807, 2.05) is 13.8 Å². The van der Waals surface area contributed by atoms with Gasteiger partial charge in [-0.3, -0.25) is 10.1 Å². The molecule has 2 rings (SSSR count). The lowest BCUT2D eigenvalue weighted by atomic mass is 9.94. The Bertz CT molecular complexity index is 534. The molecule has 0 heterocycles. The molecule has 21 heavy (non-hydrogen) atoms. The van der Waals surface area contributed by atoms with Crippen LogP contribution >= 0.6 is 11.8 Å². The summed E-state index contributed by atoms with van der Waals surface area (Å²) in [5.74, 6) is -1.76. The third kappa shape index (κ3) is 3.74. The van der Waals surface area contributed by atoms with Gasteiger partial charge in [-0.2, -0.15) is 0 Å². The highest BCUT2D eigenvalue weighted by atomic mass is 32.2. The van der Waals surface area contributed by atoms with E-state index in [4.69, 9.17) is 0 Å². The van der Waals surface area contributed by atoms with Crippen molar-refractivity contribution in [2.45, 2.75) is 43.2 Å². The van der Waals surface area contributed by atoms with E-state index in [-0.39, 0.29) is 22.6 Å². The molecule has 1 atom stereocenters. The van der Waals surface area contributed by atoms with E-state index < -0.39 is 23.1 Å². The Balaban J connectivity index is 2.19. The van der Waals surface area contributed by atoms with E-state index in [1.54, 1.807) is 0 Å². The van der Waals surface area contributed by atoms with Crippen LogP contribution in [-0.4, -0.2) is 28.4 Å². The Kier molecular flexibility index (Phi) is 4.88. The Labute approximate surface area is 127 Å². The monoisotopic (exact) mass is 315 g/mol. The van der Waals surface area contributed by atoms with Crippen molar-refractivity contribution in [1.82, 2.24) is 5.32 Å². The molecule has 116 valence electrons. The predicted octanol–water partition coefficient (Wildman–Crippen LogP) is 3.29. The predicted molar refractivity (Wildman–Crippen MR) is 78.4 cm³/mol. The number of nitrogens with one attached hydrogen (secondary N) is 1. The molecule has 1 aromatic rings. The van der Waals surface area contributed by atoms with Crippen LogP contribution in [0.15, 0.2) is 23.1 Å². The van der Waals surface area contributed by atoms with Crippen molar-refractivity contribution in [3.8, 4) is 0 Å². The van der Waals surface area contributed by atoms with E-state index in [0.717, 1.165) is 42.8 Å². The van der Waals surface area contributed by atoms with E-state index in [1.165, 1.54) is 0 Å². The quantitative estimate of drug-likeness (QED) is 0.758. The van der Waals surface area contributed by atoms with Crippen LogP contribution in [0.25, 0.3) is 0 Å². The van der Waals surface area contributed by atoms with Gasteiger partial charge in [0.1, 0.15) is 17.2 Å². The summed E-state index contributed by atoms with van der Waals surface area (Å²) in [5, 5.41) is 12.8. The fraction of sp³-hybridized carbons (Fsp3) is 0.533. The molecule has 3 nitrogen and oxygen atoms in total. The van der Waals surface area contributed by atoms with Crippen molar-refractivity contribution in [3.05, 3.63) is 29.8 Å². The van der Waals surface area contributed by atoms with Gasteiger partial charge in [0.25, 0.3) is 0 Å². The highest BCUT2D eigenvalue weighted by Gasteiger charge is 2.51. The molecule has 0 saturated heterocycles. The lowest BCUT2D eigenvalue weighted by molar-refractivity contribution is -0.145. The summed E-state index contributed by atoms with van der Waals surface area (Å²) in [7, 11) is 0. The molecule has 1 aliphatic carbocycles. The number of hydrogen-bond donors (Lipinski definition) is 2. The fourth-order valence-corrected chi connectivity index (χ4v) is 3.67. The summed E-state index contributed by atoms with van der Waals surface area (Å²) in [6, 6.07) is 3.22. The first-order chi connectivity index (χ1) is 9.85. The molecule has 1 unspecified atom stereocenters. The molecular formula is C15H19F2NO2S. The molecule has 1 aliphatic rings. The van der Waals surface area contributed by atoms with E-state index in [2.05, 4.69) is 5.32 Å². The van der Waals surface area contributed by atoms with Crippen molar-refractivity contribution in [1.29, 1.82) is 0 Å². The molecule has 0 spiro atoms. The van der Waals surface area contributed by atoms with Crippen molar-refractivity contribution in [2.75, 3.05) is 5.75 Å². The normalized spacial score (nSPS) is 17.8. The number of aliphatic carboxylic acids is 1. The Morgan fingerprint density at radius 3 is 2.67 bits per heavy atom. The highest BCUT2D eigenvalue weighted by molar-refractivity contribution is 7.99. The van der Waals surface area contributed by atoms with Gasteiger partial charge in [0.15, 0.2) is 0 Å². The van der Waals surface area contributed by atoms with Gasteiger partial charge in [-0.05, 0) is 50.8 Å². The molecule has 6 heteroatoms. The van der Waals surface area contributed by atoms with Crippen molar-refractivity contribution in [2.24, 2.45) is 5.92 Å². The largest absolute Gasteiger partial charge is 0.480 e. The van der Waals surface area contributed by atoms with Gasteiger partial charge in [-0.25, -0.2) is 8.78 Å². The van der Waals surface area contributed by atoms with Gasteiger partial charge in [0.05, 0.1) is 0 Å². The Morgan fingerprint density at radius 2 is 2.14 bits per heavy atom. The summed E-state index contributed by atoms with van der Waals surface area (Å²) in [4.78, 5) is 11.9. The first-order valence-electron chi connectivity index (χ1n) is 6.94. The minimum atomic E-state index is -1.09. The molecule has 0 radical (unpaired) electrons. The van der Waals surface area contributed by atoms with Crippen LogP contribution in [0.3, 0.4) is 0 Å². The van der Waals surface area contributed by atoms with Crippen LogP contribution in [0.4, 0.5) is 8.78 Å². The summed E-state index contributed by atoms with van der Waals surface area (Å²) in [6.45, 7) is 3.76. The molecule has 1 fully saturated rings. The number of carboxylic acids is 1. The second-order valence-corrected chi connectivity index (χ2v) is 6.73. The van der Waals surface area contributed by atoms with Gasteiger partial charge in [0, 0.05) is 16.7 Å². The second kappa shape index (κ2) is 6.32.